The van der Waals surface area contributed by atoms with E-state index in [1.54, 1.807) is 25.1 Å². The van der Waals surface area contributed by atoms with Gasteiger partial charge in [0.15, 0.2) is 0 Å². The number of hydrogen-bond acceptors (Lipinski definition) is 3. The molecule has 2 aromatic rings. The maximum atomic E-state index is 12.1. The molecule has 1 heterocycles. The summed E-state index contributed by atoms with van der Waals surface area (Å²) < 4.78 is 1.40. The molecule has 118 valence electrons. The molecule has 0 aliphatic rings. The predicted octanol–water partition coefficient (Wildman–Crippen LogP) is 1.49. The summed E-state index contributed by atoms with van der Waals surface area (Å²) in [5.74, 6) is 0.338. The zero-order chi connectivity index (χ0) is 16.3. The number of aryl methyl sites for hydroxylation is 1. The third kappa shape index (κ3) is 3.27. The van der Waals surface area contributed by atoms with Gasteiger partial charge in [-0.3, -0.25) is 14.4 Å². The lowest BCUT2D eigenvalue weighted by molar-refractivity contribution is 0.0952. The van der Waals surface area contributed by atoms with Crippen LogP contribution >= 0.6 is 0 Å². The van der Waals surface area contributed by atoms with Crippen LogP contribution in [0, 0.1) is 5.92 Å². The number of fused-ring (bicyclic) bond motifs is 1. The lowest BCUT2D eigenvalue weighted by Gasteiger charge is -2.10. The van der Waals surface area contributed by atoms with Gasteiger partial charge in [0.1, 0.15) is 0 Å². The van der Waals surface area contributed by atoms with Crippen molar-refractivity contribution in [3.8, 4) is 0 Å². The fourth-order valence-electron chi connectivity index (χ4n) is 2.31. The van der Waals surface area contributed by atoms with Crippen molar-refractivity contribution in [2.75, 3.05) is 6.54 Å². The SMILES string of the molecule is CCn1c(=O)c(=O)[nH]c2cc(C(=O)NCCC(C)C)ccc21. The summed E-state index contributed by atoms with van der Waals surface area (Å²) in [7, 11) is 0. The molecule has 0 aliphatic heterocycles. The topological polar surface area (TPSA) is 84.0 Å². The van der Waals surface area contributed by atoms with Crippen LogP contribution in [0.2, 0.25) is 0 Å². The van der Waals surface area contributed by atoms with E-state index in [0.717, 1.165) is 6.42 Å². The van der Waals surface area contributed by atoms with Gasteiger partial charge in [0.05, 0.1) is 11.0 Å². The zero-order valence-corrected chi connectivity index (χ0v) is 13.1. The number of amides is 1. The number of aromatic amines is 1. The number of rotatable bonds is 5. The average Bonchev–Trinajstić information content (AvgIpc) is 2.47. The van der Waals surface area contributed by atoms with E-state index in [9.17, 15) is 14.4 Å². The standard InChI is InChI=1S/C16H21N3O3/c1-4-19-13-6-5-11(14(20)17-8-7-10(2)3)9-12(13)18-15(21)16(19)22/h5-6,9-10H,4,7-8H2,1-3H3,(H,17,20)(H,18,21). The molecule has 0 bridgehead atoms. The molecule has 0 aliphatic carbocycles. The number of nitrogens with zero attached hydrogens (tertiary/aromatic N) is 1. The Morgan fingerprint density at radius 1 is 1.32 bits per heavy atom. The fraction of sp³-hybridized carbons (Fsp3) is 0.438. The third-order valence-electron chi connectivity index (χ3n) is 3.56. The second-order valence-electron chi connectivity index (χ2n) is 5.67. The second kappa shape index (κ2) is 6.60. The quantitative estimate of drug-likeness (QED) is 0.821. The Morgan fingerprint density at radius 2 is 2.05 bits per heavy atom. The Labute approximate surface area is 128 Å². The van der Waals surface area contributed by atoms with E-state index < -0.39 is 11.1 Å². The molecule has 0 saturated carbocycles. The van der Waals surface area contributed by atoms with Gasteiger partial charge in [-0.2, -0.15) is 0 Å². The van der Waals surface area contributed by atoms with Gasteiger partial charge < -0.3 is 14.9 Å². The number of carbonyl (C=O) groups is 1. The van der Waals surface area contributed by atoms with E-state index in [0.29, 0.717) is 35.6 Å². The molecule has 0 radical (unpaired) electrons. The number of carbonyl (C=O) groups excluding carboxylic acids is 1. The minimum Gasteiger partial charge on any atom is -0.352 e. The summed E-state index contributed by atoms with van der Waals surface area (Å²) >= 11 is 0. The largest absolute Gasteiger partial charge is 0.352 e. The van der Waals surface area contributed by atoms with E-state index in [1.165, 1.54) is 4.57 Å². The average molecular weight is 303 g/mol. The first kappa shape index (κ1) is 16.0. The smallest absolute Gasteiger partial charge is 0.316 e. The summed E-state index contributed by atoms with van der Waals surface area (Å²) in [5.41, 5.74) is 0.317. The summed E-state index contributed by atoms with van der Waals surface area (Å²) in [6.45, 7) is 7.00. The highest BCUT2D eigenvalue weighted by Gasteiger charge is 2.10. The van der Waals surface area contributed by atoms with Crippen LogP contribution in [-0.4, -0.2) is 22.0 Å². The summed E-state index contributed by atoms with van der Waals surface area (Å²) in [5, 5.41) is 2.85. The number of hydrogen-bond donors (Lipinski definition) is 2. The highest BCUT2D eigenvalue weighted by Crippen LogP contribution is 2.11. The van der Waals surface area contributed by atoms with E-state index in [2.05, 4.69) is 24.1 Å². The predicted molar refractivity (Wildman–Crippen MR) is 86.3 cm³/mol. The van der Waals surface area contributed by atoms with Crippen LogP contribution in [0.25, 0.3) is 11.0 Å². The molecule has 0 spiro atoms. The minimum atomic E-state index is -0.674. The van der Waals surface area contributed by atoms with E-state index in [4.69, 9.17) is 0 Å². The normalized spacial score (nSPS) is 11.1. The molecular formula is C16H21N3O3. The second-order valence-corrected chi connectivity index (χ2v) is 5.67. The molecule has 0 saturated heterocycles. The first-order valence-corrected chi connectivity index (χ1v) is 7.49. The van der Waals surface area contributed by atoms with Gasteiger partial charge in [-0.15, -0.1) is 0 Å². The molecule has 2 N–H and O–H groups in total. The van der Waals surface area contributed by atoms with Crippen LogP contribution in [0.1, 0.15) is 37.6 Å². The molecular weight excluding hydrogens is 282 g/mol. The summed E-state index contributed by atoms with van der Waals surface area (Å²) in [6, 6.07) is 4.96. The van der Waals surface area contributed by atoms with Crippen LogP contribution in [0.15, 0.2) is 27.8 Å². The molecule has 1 aromatic heterocycles. The van der Waals surface area contributed by atoms with Crippen molar-refractivity contribution in [3.63, 3.8) is 0 Å². The monoisotopic (exact) mass is 303 g/mol. The van der Waals surface area contributed by atoms with Gasteiger partial charge in [0, 0.05) is 18.7 Å². The molecule has 1 amide bonds. The van der Waals surface area contributed by atoms with Gasteiger partial charge in [0.2, 0.25) is 0 Å². The van der Waals surface area contributed by atoms with E-state index in [1.807, 2.05) is 0 Å². The van der Waals surface area contributed by atoms with Crippen molar-refractivity contribution >= 4 is 16.9 Å². The molecule has 0 fully saturated rings. The molecule has 6 nitrogen and oxygen atoms in total. The number of benzene rings is 1. The van der Waals surface area contributed by atoms with E-state index >= 15 is 0 Å². The maximum Gasteiger partial charge on any atom is 0.316 e. The number of nitrogens with one attached hydrogen (secondary N) is 2. The van der Waals surface area contributed by atoms with Crippen molar-refractivity contribution in [2.24, 2.45) is 5.92 Å². The van der Waals surface area contributed by atoms with Crippen LogP contribution in [-0.2, 0) is 6.54 Å². The minimum absolute atomic E-state index is 0.183. The Morgan fingerprint density at radius 3 is 2.68 bits per heavy atom. The summed E-state index contributed by atoms with van der Waals surface area (Å²) in [6.07, 6.45) is 0.908. The van der Waals surface area contributed by atoms with Gasteiger partial charge in [-0.25, -0.2) is 0 Å². The van der Waals surface area contributed by atoms with Crippen LogP contribution < -0.4 is 16.4 Å². The first-order valence-electron chi connectivity index (χ1n) is 7.49. The maximum absolute atomic E-state index is 12.1. The zero-order valence-electron chi connectivity index (χ0n) is 13.1. The highest BCUT2D eigenvalue weighted by atomic mass is 16.2. The lowest BCUT2D eigenvalue weighted by Crippen LogP contribution is -2.36. The van der Waals surface area contributed by atoms with Gasteiger partial charge in [-0.05, 0) is 37.5 Å². The van der Waals surface area contributed by atoms with Crippen molar-refractivity contribution in [1.29, 1.82) is 0 Å². The van der Waals surface area contributed by atoms with E-state index in [-0.39, 0.29) is 5.91 Å². The molecule has 2 rings (SSSR count). The molecule has 1 aromatic carbocycles. The van der Waals surface area contributed by atoms with Crippen LogP contribution in [0.3, 0.4) is 0 Å². The van der Waals surface area contributed by atoms with Gasteiger partial charge >= 0.3 is 11.1 Å². The fourth-order valence-corrected chi connectivity index (χ4v) is 2.31. The first-order chi connectivity index (χ1) is 10.4. The Hall–Kier alpha value is -2.37. The van der Waals surface area contributed by atoms with Gasteiger partial charge in [0.25, 0.3) is 5.91 Å². The molecule has 6 heteroatoms. The Kier molecular flexibility index (Phi) is 4.80. The van der Waals surface area contributed by atoms with Crippen LogP contribution in [0.4, 0.5) is 0 Å². The molecule has 22 heavy (non-hydrogen) atoms. The van der Waals surface area contributed by atoms with Crippen molar-refractivity contribution < 1.29 is 4.79 Å². The van der Waals surface area contributed by atoms with Crippen molar-refractivity contribution in [2.45, 2.75) is 33.7 Å². The number of aromatic nitrogens is 2. The molecule has 0 atom stereocenters. The van der Waals surface area contributed by atoms with Crippen LogP contribution in [0.5, 0.6) is 0 Å². The lowest BCUT2D eigenvalue weighted by atomic mass is 10.1. The number of H-pyrrole nitrogens is 1. The van der Waals surface area contributed by atoms with Crippen molar-refractivity contribution in [1.82, 2.24) is 14.9 Å². The van der Waals surface area contributed by atoms with Crippen molar-refractivity contribution in [3.05, 3.63) is 44.5 Å². The molecule has 0 unspecified atom stereocenters. The summed E-state index contributed by atoms with van der Waals surface area (Å²) in [4.78, 5) is 38.1. The van der Waals surface area contributed by atoms with Gasteiger partial charge in [-0.1, -0.05) is 13.8 Å². The third-order valence-corrected chi connectivity index (χ3v) is 3.56. The highest BCUT2D eigenvalue weighted by molar-refractivity contribution is 5.97. The Balaban J connectivity index is 2.35. The Bertz CT molecular complexity index is 802.